The first kappa shape index (κ1) is 7.23. The second kappa shape index (κ2) is 2.00. The summed E-state index contributed by atoms with van der Waals surface area (Å²) in [6.07, 6.45) is 0. The molecule has 4 nitrogen and oxygen atoms in total. The van der Waals surface area contributed by atoms with E-state index >= 15 is 0 Å². The number of nitrogens with one attached hydrogen (secondary N) is 1. The Morgan fingerprint density at radius 3 is 2.12 bits per heavy atom. The molecule has 0 spiro atoms. The van der Waals surface area contributed by atoms with Gasteiger partial charge in [-0.3, -0.25) is 0 Å². The van der Waals surface area contributed by atoms with Crippen molar-refractivity contribution in [3.63, 3.8) is 0 Å². The molecule has 0 aromatic carbocycles. The van der Waals surface area contributed by atoms with Gasteiger partial charge in [0.05, 0.1) is 0 Å². The zero-order valence-corrected chi connectivity index (χ0v) is 4.93. The van der Waals surface area contributed by atoms with Crippen LogP contribution >= 0.6 is 0 Å². The van der Waals surface area contributed by atoms with Crippen LogP contribution < -0.4 is 11.1 Å². The molecule has 0 aliphatic rings. The molecule has 0 bridgehead atoms. The predicted octanol–water partition coefficient (Wildman–Crippen LogP) is -0.617. The molecule has 8 heavy (non-hydrogen) atoms. The number of urea groups is 1. The summed E-state index contributed by atoms with van der Waals surface area (Å²) >= 11 is 0. The van der Waals surface area contributed by atoms with Gasteiger partial charge in [-0.1, -0.05) is 0 Å². The standard InChI is InChI=1S/C4H10N2O2/c1-4(2,8)6-3(5)7/h8H,1-2H3,(H3,5,6,7). The molecule has 0 rings (SSSR count). The maximum absolute atomic E-state index is 9.97. The summed E-state index contributed by atoms with van der Waals surface area (Å²) in [7, 11) is 0. The summed E-state index contributed by atoms with van der Waals surface area (Å²) in [5, 5.41) is 10.9. The van der Waals surface area contributed by atoms with E-state index in [4.69, 9.17) is 5.11 Å². The summed E-state index contributed by atoms with van der Waals surface area (Å²) in [6.45, 7) is 2.86. The molecule has 0 unspecified atom stereocenters. The van der Waals surface area contributed by atoms with Crippen molar-refractivity contribution < 1.29 is 9.90 Å². The first-order valence-electron chi connectivity index (χ1n) is 2.22. The van der Waals surface area contributed by atoms with Gasteiger partial charge < -0.3 is 16.2 Å². The van der Waals surface area contributed by atoms with Gasteiger partial charge in [0.1, 0.15) is 5.72 Å². The fraction of sp³-hybridized carbons (Fsp3) is 0.750. The van der Waals surface area contributed by atoms with E-state index in [-0.39, 0.29) is 0 Å². The molecule has 0 saturated heterocycles. The normalized spacial score (nSPS) is 10.9. The van der Waals surface area contributed by atoms with Crippen LogP contribution in [0, 0.1) is 0 Å². The maximum atomic E-state index is 9.97. The average molecular weight is 118 g/mol. The van der Waals surface area contributed by atoms with Crippen molar-refractivity contribution in [2.75, 3.05) is 0 Å². The lowest BCUT2D eigenvalue weighted by Crippen LogP contribution is -2.45. The van der Waals surface area contributed by atoms with Crippen LogP contribution in [0.2, 0.25) is 0 Å². The van der Waals surface area contributed by atoms with Crippen molar-refractivity contribution in [1.29, 1.82) is 0 Å². The van der Waals surface area contributed by atoms with Gasteiger partial charge in [0.25, 0.3) is 0 Å². The fourth-order valence-electron chi connectivity index (χ4n) is 0.301. The molecule has 0 aliphatic heterocycles. The molecule has 0 aromatic rings. The van der Waals surface area contributed by atoms with Gasteiger partial charge >= 0.3 is 6.03 Å². The fourth-order valence-corrected chi connectivity index (χ4v) is 0.301. The summed E-state index contributed by atoms with van der Waals surface area (Å²) in [5.74, 6) is 0. The topological polar surface area (TPSA) is 75.3 Å². The second-order valence-electron chi connectivity index (χ2n) is 2.05. The van der Waals surface area contributed by atoms with Crippen LogP contribution in [-0.2, 0) is 0 Å². The molecule has 4 N–H and O–H groups in total. The Hall–Kier alpha value is -0.770. The highest BCUT2D eigenvalue weighted by Gasteiger charge is 2.11. The second-order valence-corrected chi connectivity index (χ2v) is 2.05. The minimum absolute atomic E-state index is 0.725. The quantitative estimate of drug-likeness (QED) is 0.401. The highest BCUT2D eigenvalue weighted by atomic mass is 16.3. The Labute approximate surface area is 47.7 Å². The van der Waals surface area contributed by atoms with E-state index in [0.717, 1.165) is 0 Å². The molecule has 0 aromatic heterocycles. The summed E-state index contributed by atoms with van der Waals surface area (Å²) < 4.78 is 0. The first-order valence-corrected chi connectivity index (χ1v) is 2.22. The van der Waals surface area contributed by atoms with Crippen LogP contribution in [0.4, 0.5) is 4.79 Å². The van der Waals surface area contributed by atoms with Crippen molar-refractivity contribution in [2.24, 2.45) is 5.73 Å². The molecular weight excluding hydrogens is 108 g/mol. The van der Waals surface area contributed by atoms with Crippen molar-refractivity contribution in [3.8, 4) is 0 Å². The number of carbonyl (C=O) groups excluding carboxylic acids is 1. The highest BCUT2D eigenvalue weighted by Crippen LogP contribution is 1.91. The minimum atomic E-state index is -1.20. The van der Waals surface area contributed by atoms with E-state index in [1.807, 2.05) is 0 Å². The van der Waals surface area contributed by atoms with Crippen LogP contribution in [0.15, 0.2) is 0 Å². The van der Waals surface area contributed by atoms with Gasteiger partial charge in [0.2, 0.25) is 0 Å². The molecule has 4 heteroatoms. The third-order valence-electron chi connectivity index (χ3n) is 0.429. The lowest BCUT2D eigenvalue weighted by molar-refractivity contribution is 0.0562. The Kier molecular flexibility index (Phi) is 1.81. The number of aliphatic hydroxyl groups is 1. The number of hydrogen-bond acceptors (Lipinski definition) is 2. The Morgan fingerprint density at radius 2 is 2.12 bits per heavy atom. The van der Waals surface area contributed by atoms with E-state index < -0.39 is 11.8 Å². The third-order valence-corrected chi connectivity index (χ3v) is 0.429. The Balaban J connectivity index is 3.55. The molecular formula is C4H10N2O2. The number of rotatable bonds is 1. The van der Waals surface area contributed by atoms with Crippen molar-refractivity contribution >= 4 is 6.03 Å². The van der Waals surface area contributed by atoms with Crippen LogP contribution in [-0.4, -0.2) is 16.9 Å². The average Bonchev–Trinajstić information content (AvgIpc) is 1.21. The van der Waals surface area contributed by atoms with E-state index in [2.05, 4.69) is 11.1 Å². The highest BCUT2D eigenvalue weighted by molar-refractivity contribution is 5.72. The third kappa shape index (κ3) is 5.23. The van der Waals surface area contributed by atoms with E-state index in [1.165, 1.54) is 13.8 Å². The van der Waals surface area contributed by atoms with E-state index in [1.54, 1.807) is 0 Å². The van der Waals surface area contributed by atoms with E-state index in [0.29, 0.717) is 0 Å². The molecule has 0 heterocycles. The predicted molar refractivity (Wildman–Crippen MR) is 29.0 cm³/mol. The molecule has 0 radical (unpaired) electrons. The van der Waals surface area contributed by atoms with Crippen molar-refractivity contribution in [3.05, 3.63) is 0 Å². The zero-order valence-electron chi connectivity index (χ0n) is 4.93. The van der Waals surface area contributed by atoms with Crippen molar-refractivity contribution in [1.82, 2.24) is 5.32 Å². The largest absolute Gasteiger partial charge is 0.372 e. The smallest absolute Gasteiger partial charge is 0.314 e. The lowest BCUT2D eigenvalue weighted by atomic mass is 10.3. The van der Waals surface area contributed by atoms with Crippen LogP contribution in [0.5, 0.6) is 0 Å². The van der Waals surface area contributed by atoms with Crippen LogP contribution in [0.25, 0.3) is 0 Å². The summed E-state index contributed by atoms with van der Waals surface area (Å²) in [5.41, 5.74) is 3.47. The van der Waals surface area contributed by atoms with Gasteiger partial charge in [0.15, 0.2) is 0 Å². The molecule has 48 valence electrons. The monoisotopic (exact) mass is 118 g/mol. The first-order chi connectivity index (χ1) is 3.42. The van der Waals surface area contributed by atoms with E-state index in [9.17, 15) is 4.79 Å². The Bertz CT molecular complexity index is 94.7. The number of amides is 2. The minimum Gasteiger partial charge on any atom is -0.372 e. The molecule has 2 amide bonds. The molecule has 0 fully saturated rings. The van der Waals surface area contributed by atoms with Gasteiger partial charge in [-0.2, -0.15) is 0 Å². The number of carbonyl (C=O) groups is 1. The SMILES string of the molecule is CC(C)(O)NC(N)=O. The summed E-state index contributed by atoms with van der Waals surface area (Å²) in [6, 6.07) is -0.725. The van der Waals surface area contributed by atoms with Crippen LogP contribution in [0.3, 0.4) is 0 Å². The van der Waals surface area contributed by atoms with Gasteiger partial charge in [-0.15, -0.1) is 0 Å². The van der Waals surface area contributed by atoms with Gasteiger partial charge in [-0.25, -0.2) is 4.79 Å². The van der Waals surface area contributed by atoms with Gasteiger partial charge in [-0.05, 0) is 13.8 Å². The number of nitrogens with two attached hydrogens (primary N) is 1. The molecule has 0 saturated carbocycles. The van der Waals surface area contributed by atoms with Crippen LogP contribution in [0.1, 0.15) is 13.8 Å². The number of primary amides is 1. The molecule has 0 aliphatic carbocycles. The zero-order chi connectivity index (χ0) is 6.78. The Morgan fingerprint density at radius 1 is 1.75 bits per heavy atom. The lowest BCUT2D eigenvalue weighted by Gasteiger charge is -2.16. The van der Waals surface area contributed by atoms with Gasteiger partial charge in [0, 0.05) is 0 Å². The van der Waals surface area contributed by atoms with Crippen molar-refractivity contribution in [2.45, 2.75) is 19.6 Å². The maximum Gasteiger partial charge on any atom is 0.314 e. The number of hydrogen-bond donors (Lipinski definition) is 3. The summed E-state index contributed by atoms with van der Waals surface area (Å²) in [4.78, 5) is 9.97. The molecule has 0 atom stereocenters.